The van der Waals surface area contributed by atoms with E-state index in [1.165, 1.54) is 0 Å². The van der Waals surface area contributed by atoms with Gasteiger partial charge in [-0.2, -0.15) is 0 Å². The maximum atomic E-state index is 9.63. The van der Waals surface area contributed by atoms with Gasteiger partial charge in [0, 0.05) is 6.54 Å². The smallest absolute Gasteiger partial charge is 0.138 e. The molecule has 0 saturated carbocycles. The van der Waals surface area contributed by atoms with Gasteiger partial charge in [-0.25, -0.2) is 0 Å². The maximum absolute atomic E-state index is 9.63. The molecule has 3 nitrogen and oxygen atoms in total. The zero-order chi connectivity index (χ0) is 12.1. The monoisotopic (exact) mass is 243 g/mol. The Balaban J connectivity index is 2.74. The van der Waals surface area contributed by atoms with Crippen molar-refractivity contribution in [3.8, 4) is 5.75 Å². The summed E-state index contributed by atoms with van der Waals surface area (Å²) in [5, 5.41) is 21.9. The first kappa shape index (κ1) is 13.1. The van der Waals surface area contributed by atoms with Crippen LogP contribution in [0.15, 0.2) is 18.2 Å². The molecule has 3 N–H and O–H groups in total. The van der Waals surface area contributed by atoms with Crippen molar-refractivity contribution < 1.29 is 10.2 Å². The van der Waals surface area contributed by atoms with Crippen molar-refractivity contribution in [2.24, 2.45) is 0 Å². The summed E-state index contributed by atoms with van der Waals surface area (Å²) in [6.45, 7) is 4.51. The van der Waals surface area contributed by atoms with Crippen LogP contribution in [0, 0.1) is 0 Å². The number of aromatic hydroxyl groups is 1. The Kier molecular flexibility index (Phi) is 4.90. The number of aliphatic hydroxyl groups excluding tert-OH is 1. The van der Waals surface area contributed by atoms with Crippen molar-refractivity contribution >= 4 is 17.3 Å². The molecule has 0 saturated heterocycles. The van der Waals surface area contributed by atoms with Crippen LogP contribution in [-0.2, 0) is 0 Å². The fraction of sp³-hybridized carbons (Fsp3) is 0.500. The normalized spacial score (nSPS) is 12.8. The van der Waals surface area contributed by atoms with Gasteiger partial charge < -0.3 is 15.5 Å². The molecule has 0 fully saturated rings. The number of hydrogen-bond acceptors (Lipinski definition) is 3. The van der Waals surface area contributed by atoms with Crippen LogP contribution in [0.1, 0.15) is 25.3 Å². The van der Waals surface area contributed by atoms with E-state index in [2.05, 4.69) is 19.2 Å². The van der Waals surface area contributed by atoms with E-state index in [1.807, 2.05) is 12.1 Å². The molecule has 1 atom stereocenters. The number of aliphatic hydroxyl groups is 1. The van der Waals surface area contributed by atoms with Crippen LogP contribution in [0.3, 0.4) is 0 Å². The molecule has 0 heterocycles. The van der Waals surface area contributed by atoms with Crippen molar-refractivity contribution in [1.82, 2.24) is 0 Å². The van der Waals surface area contributed by atoms with Gasteiger partial charge in [0.25, 0.3) is 0 Å². The molecule has 1 aromatic carbocycles. The third-order valence-electron chi connectivity index (χ3n) is 2.39. The zero-order valence-corrected chi connectivity index (χ0v) is 10.3. The second-order valence-electron chi connectivity index (χ2n) is 4.12. The minimum atomic E-state index is -0.608. The molecular weight excluding hydrogens is 226 g/mol. The van der Waals surface area contributed by atoms with E-state index in [4.69, 9.17) is 11.6 Å². The lowest BCUT2D eigenvalue weighted by atomic mass is 10.0. The summed E-state index contributed by atoms with van der Waals surface area (Å²) in [5.74, 6) is 0.766. The van der Waals surface area contributed by atoms with E-state index >= 15 is 0 Å². The third-order valence-corrected chi connectivity index (χ3v) is 2.75. The second kappa shape index (κ2) is 5.97. The third kappa shape index (κ3) is 3.58. The number of anilines is 1. The van der Waals surface area contributed by atoms with E-state index in [1.54, 1.807) is 6.07 Å². The van der Waals surface area contributed by atoms with Crippen molar-refractivity contribution in [2.45, 2.75) is 25.9 Å². The summed E-state index contributed by atoms with van der Waals surface area (Å²) in [4.78, 5) is 0. The SMILES string of the molecule is CC(C)c1ccc(O)c(NCC(O)CCl)c1. The molecule has 0 aliphatic heterocycles. The predicted octanol–water partition coefficient (Wildman–Crippen LogP) is 2.53. The van der Waals surface area contributed by atoms with Crippen LogP contribution in [0.5, 0.6) is 5.75 Å². The van der Waals surface area contributed by atoms with Gasteiger partial charge in [-0.05, 0) is 23.6 Å². The average Bonchev–Trinajstić information content (AvgIpc) is 2.27. The molecule has 0 aliphatic carbocycles. The molecule has 1 unspecified atom stereocenters. The summed E-state index contributed by atoms with van der Waals surface area (Å²) in [7, 11) is 0. The van der Waals surface area contributed by atoms with E-state index in [0.717, 1.165) is 5.56 Å². The fourth-order valence-corrected chi connectivity index (χ4v) is 1.45. The van der Waals surface area contributed by atoms with E-state index in [-0.39, 0.29) is 11.6 Å². The summed E-state index contributed by atoms with van der Waals surface area (Å²) < 4.78 is 0. The first-order valence-corrected chi connectivity index (χ1v) is 5.89. The number of hydrogen-bond donors (Lipinski definition) is 3. The first-order chi connectivity index (χ1) is 7.54. The Morgan fingerprint density at radius 3 is 2.62 bits per heavy atom. The number of phenols is 1. The van der Waals surface area contributed by atoms with Gasteiger partial charge in [-0.3, -0.25) is 0 Å². The van der Waals surface area contributed by atoms with E-state index in [9.17, 15) is 10.2 Å². The Morgan fingerprint density at radius 2 is 2.06 bits per heavy atom. The minimum Gasteiger partial charge on any atom is -0.506 e. The Bertz CT molecular complexity index is 342. The van der Waals surface area contributed by atoms with Crippen molar-refractivity contribution in [3.05, 3.63) is 23.8 Å². The average molecular weight is 244 g/mol. The lowest BCUT2D eigenvalue weighted by Gasteiger charge is -2.14. The number of rotatable bonds is 5. The number of nitrogens with one attached hydrogen (secondary N) is 1. The molecule has 1 aromatic rings. The highest BCUT2D eigenvalue weighted by Crippen LogP contribution is 2.27. The Morgan fingerprint density at radius 1 is 1.38 bits per heavy atom. The van der Waals surface area contributed by atoms with Gasteiger partial charge in [0.2, 0.25) is 0 Å². The summed E-state index contributed by atoms with van der Waals surface area (Å²) in [6, 6.07) is 5.44. The van der Waals surface area contributed by atoms with E-state index < -0.39 is 6.10 Å². The van der Waals surface area contributed by atoms with Gasteiger partial charge in [0.15, 0.2) is 0 Å². The molecule has 4 heteroatoms. The molecular formula is C12H18ClNO2. The van der Waals surface area contributed by atoms with Crippen molar-refractivity contribution in [2.75, 3.05) is 17.7 Å². The summed E-state index contributed by atoms with van der Waals surface area (Å²) in [5.41, 5.74) is 1.77. The standard InChI is InChI=1S/C12H18ClNO2/c1-8(2)9-3-4-12(16)11(5-9)14-7-10(15)6-13/h3-5,8,10,14-16H,6-7H2,1-2H3. The van der Waals surface area contributed by atoms with Gasteiger partial charge in [0.05, 0.1) is 17.7 Å². The van der Waals surface area contributed by atoms with Crippen LogP contribution < -0.4 is 5.32 Å². The van der Waals surface area contributed by atoms with Gasteiger partial charge in [-0.15, -0.1) is 11.6 Å². The lowest BCUT2D eigenvalue weighted by Crippen LogP contribution is -2.20. The fourth-order valence-electron chi connectivity index (χ4n) is 1.34. The highest BCUT2D eigenvalue weighted by molar-refractivity contribution is 6.18. The number of halogens is 1. The molecule has 0 spiro atoms. The van der Waals surface area contributed by atoms with Gasteiger partial charge in [-0.1, -0.05) is 19.9 Å². The molecule has 0 aromatic heterocycles. The van der Waals surface area contributed by atoms with Crippen molar-refractivity contribution in [1.29, 1.82) is 0 Å². The molecule has 16 heavy (non-hydrogen) atoms. The highest BCUT2D eigenvalue weighted by atomic mass is 35.5. The van der Waals surface area contributed by atoms with Crippen LogP contribution in [0.25, 0.3) is 0 Å². The van der Waals surface area contributed by atoms with Crippen LogP contribution >= 0.6 is 11.6 Å². The number of phenolic OH excluding ortho intramolecular Hbond substituents is 1. The highest BCUT2D eigenvalue weighted by Gasteiger charge is 2.07. The zero-order valence-electron chi connectivity index (χ0n) is 9.57. The van der Waals surface area contributed by atoms with Crippen molar-refractivity contribution in [3.63, 3.8) is 0 Å². The molecule has 0 aliphatic rings. The van der Waals surface area contributed by atoms with Gasteiger partial charge in [0.1, 0.15) is 5.75 Å². The maximum Gasteiger partial charge on any atom is 0.138 e. The molecule has 90 valence electrons. The quantitative estimate of drug-likeness (QED) is 0.550. The molecule has 1 rings (SSSR count). The Labute approximate surface area is 101 Å². The van der Waals surface area contributed by atoms with E-state index in [0.29, 0.717) is 18.2 Å². The predicted molar refractivity (Wildman–Crippen MR) is 67.4 cm³/mol. The molecule has 0 bridgehead atoms. The van der Waals surface area contributed by atoms with Crippen LogP contribution in [-0.4, -0.2) is 28.7 Å². The van der Waals surface area contributed by atoms with Crippen LogP contribution in [0.2, 0.25) is 0 Å². The second-order valence-corrected chi connectivity index (χ2v) is 4.43. The Hall–Kier alpha value is -0.930. The topological polar surface area (TPSA) is 52.5 Å². The van der Waals surface area contributed by atoms with Gasteiger partial charge >= 0.3 is 0 Å². The molecule has 0 radical (unpaired) electrons. The largest absolute Gasteiger partial charge is 0.506 e. The minimum absolute atomic E-state index is 0.178. The number of alkyl halides is 1. The number of benzene rings is 1. The molecule has 0 amide bonds. The summed E-state index contributed by atoms with van der Waals surface area (Å²) >= 11 is 5.49. The lowest BCUT2D eigenvalue weighted by molar-refractivity contribution is 0.211. The van der Waals surface area contributed by atoms with Crippen LogP contribution in [0.4, 0.5) is 5.69 Å². The summed E-state index contributed by atoms with van der Waals surface area (Å²) in [6.07, 6.45) is -0.608. The first-order valence-electron chi connectivity index (χ1n) is 5.35.